The number of anilines is 1. The molecule has 0 saturated heterocycles. The summed E-state index contributed by atoms with van der Waals surface area (Å²) < 4.78 is 1.88. The Balaban J connectivity index is 1.86. The fourth-order valence-electron chi connectivity index (χ4n) is 2.00. The molecule has 0 spiro atoms. The first kappa shape index (κ1) is 12.0. The van der Waals surface area contributed by atoms with Crippen LogP contribution in [0.3, 0.4) is 0 Å². The third-order valence-electron chi connectivity index (χ3n) is 3.03. The Kier molecular flexibility index (Phi) is 3.09. The molecule has 0 unspecified atom stereocenters. The Labute approximate surface area is 116 Å². The van der Waals surface area contributed by atoms with Gasteiger partial charge in [0.25, 0.3) is 0 Å². The Morgan fingerprint density at radius 2 is 1.84 bits per heavy atom. The van der Waals surface area contributed by atoms with Crippen molar-refractivity contribution in [1.29, 1.82) is 0 Å². The lowest BCUT2D eigenvalue weighted by Gasteiger charge is -2.19. The molecule has 3 rings (SSSR count). The van der Waals surface area contributed by atoms with Crippen LogP contribution in [0.25, 0.3) is 11.0 Å². The Morgan fingerprint density at radius 1 is 1.11 bits per heavy atom. The number of hydrogen-bond donors (Lipinski definition) is 0. The van der Waals surface area contributed by atoms with Crippen LogP contribution in [0.1, 0.15) is 0 Å². The maximum atomic E-state index is 5.89. The highest BCUT2D eigenvalue weighted by atomic mass is 35.5. The van der Waals surface area contributed by atoms with E-state index in [9.17, 15) is 0 Å². The average Bonchev–Trinajstić information content (AvgIpc) is 2.83. The summed E-state index contributed by atoms with van der Waals surface area (Å²) in [5.41, 5.74) is 3.03. The van der Waals surface area contributed by atoms with Crippen LogP contribution in [0, 0.1) is 0 Å². The Hall–Kier alpha value is -2.07. The zero-order chi connectivity index (χ0) is 13.2. The van der Waals surface area contributed by atoms with Crippen LogP contribution in [-0.4, -0.2) is 22.0 Å². The van der Waals surface area contributed by atoms with Crippen molar-refractivity contribution in [2.24, 2.45) is 0 Å². The highest BCUT2D eigenvalue weighted by Crippen LogP contribution is 2.18. The van der Waals surface area contributed by atoms with Gasteiger partial charge in [0.2, 0.25) is 0 Å². The first-order valence-corrected chi connectivity index (χ1v) is 6.37. The van der Waals surface area contributed by atoms with Crippen molar-refractivity contribution >= 4 is 28.3 Å². The van der Waals surface area contributed by atoms with Crippen molar-refractivity contribution < 1.29 is 0 Å². The lowest BCUT2D eigenvalue weighted by atomic mass is 10.3. The average molecular weight is 273 g/mol. The van der Waals surface area contributed by atoms with Gasteiger partial charge in [0.15, 0.2) is 0 Å². The summed E-state index contributed by atoms with van der Waals surface area (Å²) in [6, 6.07) is 15.7. The fourth-order valence-corrected chi connectivity index (χ4v) is 2.13. The molecule has 0 saturated carbocycles. The second kappa shape index (κ2) is 4.90. The molecule has 1 aromatic heterocycles. The molecule has 0 bridgehead atoms. The lowest BCUT2D eigenvalue weighted by molar-refractivity contribution is 0.600. The van der Waals surface area contributed by atoms with Crippen LogP contribution in [0.4, 0.5) is 5.69 Å². The van der Waals surface area contributed by atoms with Crippen LogP contribution in [0.5, 0.6) is 0 Å². The van der Waals surface area contributed by atoms with Crippen molar-refractivity contribution in [3.63, 3.8) is 0 Å². The lowest BCUT2D eigenvalue weighted by Crippen LogP contribution is -2.21. The van der Waals surface area contributed by atoms with Gasteiger partial charge in [0.05, 0.1) is 5.52 Å². The van der Waals surface area contributed by atoms with Gasteiger partial charge in [-0.1, -0.05) is 28.9 Å². The van der Waals surface area contributed by atoms with Gasteiger partial charge in [-0.15, -0.1) is 5.10 Å². The summed E-state index contributed by atoms with van der Waals surface area (Å²) in [6.45, 7) is 0.641. The molecular weight excluding hydrogens is 260 g/mol. The van der Waals surface area contributed by atoms with Crippen LogP contribution >= 0.6 is 11.6 Å². The van der Waals surface area contributed by atoms with Crippen molar-refractivity contribution in [1.82, 2.24) is 15.0 Å². The standard InChI is InChI=1S/C14H13ClN4/c1-18(12-8-6-11(15)7-9-12)10-19-14-5-3-2-4-13(14)16-17-19/h2-9H,10H2,1H3. The molecule has 0 amide bonds. The Morgan fingerprint density at radius 3 is 2.63 bits per heavy atom. The number of para-hydroxylation sites is 1. The maximum absolute atomic E-state index is 5.89. The van der Waals surface area contributed by atoms with Crippen LogP contribution in [-0.2, 0) is 6.67 Å². The number of halogens is 1. The number of fused-ring (bicyclic) bond motifs is 1. The molecule has 0 fully saturated rings. The van der Waals surface area contributed by atoms with Crippen LogP contribution < -0.4 is 4.90 Å². The molecule has 0 aliphatic rings. The summed E-state index contributed by atoms with van der Waals surface area (Å²) in [5, 5.41) is 9.06. The van der Waals surface area contributed by atoms with Gasteiger partial charge in [-0.2, -0.15) is 0 Å². The molecule has 4 nitrogen and oxygen atoms in total. The number of nitrogens with zero attached hydrogens (tertiary/aromatic N) is 4. The summed E-state index contributed by atoms with van der Waals surface area (Å²) in [5.74, 6) is 0. The molecule has 0 N–H and O–H groups in total. The van der Waals surface area contributed by atoms with E-state index in [1.165, 1.54) is 0 Å². The Bertz CT molecular complexity index is 690. The minimum Gasteiger partial charge on any atom is -0.355 e. The minimum atomic E-state index is 0.641. The van der Waals surface area contributed by atoms with Gasteiger partial charge in [-0.05, 0) is 36.4 Å². The summed E-state index contributed by atoms with van der Waals surface area (Å²) in [7, 11) is 2.01. The van der Waals surface area contributed by atoms with Gasteiger partial charge in [0.1, 0.15) is 12.2 Å². The van der Waals surface area contributed by atoms with E-state index in [2.05, 4.69) is 15.2 Å². The molecule has 1 heterocycles. The van der Waals surface area contributed by atoms with Crippen LogP contribution in [0.15, 0.2) is 48.5 Å². The predicted octanol–water partition coefficient (Wildman–Crippen LogP) is 3.18. The summed E-state index contributed by atoms with van der Waals surface area (Å²) in [6.07, 6.45) is 0. The summed E-state index contributed by atoms with van der Waals surface area (Å²) in [4.78, 5) is 2.09. The predicted molar refractivity (Wildman–Crippen MR) is 77.4 cm³/mol. The molecule has 0 atom stereocenters. The van der Waals surface area contributed by atoms with E-state index < -0.39 is 0 Å². The number of hydrogen-bond acceptors (Lipinski definition) is 3. The largest absolute Gasteiger partial charge is 0.355 e. The monoisotopic (exact) mass is 272 g/mol. The fraction of sp³-hybridized carbons (Fsp3) is 0.143. The van der Waals surface area contributed by atoms with E-state index in [1.54, 1.807) is 0 Å². The van der Waals surface area contributed by atoms with E-state index in [4.69, 9.17) is 11.6 Å². The summed E-state index contributed by atoms with van der Waals surface area (Å²) >= 11 is 5.89. The molecule has 96 valence electrons. The van der Waals surface area contributed by atoms with E-state index in [0.717, 1.165) is 21.7 Å². The first-order valence-electron chi connectivity index (χ1n) is 5.99. The zero-order valence-corrected chi connectivity index (χ0v) is 11.2. The van der Waals surface area contributed by atoms with E-state index in [1.807, 2.05) is 60.3 Å². The van der Waals surface area contributed by atoms with Gasteiger partial charge >= 0.3 is 0 Å². The van der Waals surface area contributed by atoms with Crippen molar-refractivity contribution in [3.05, 3.63) is 53.6 Å². The van der Waals surface area contributed by atoms with Gasteiger partial charge in [-0.3, -0.25) is 0 Å². The zero-order valence-electron chi connectivity index (χ0n) is 10.5. The van der Waals surface area contributed by atoms with E-state index in [0.29, 0.717) is 6.67 Å². The van der Waals surface area contributed by atoms with Crippen molar-refractivity contribution in [2.45, 2.75) is 6.67 Å². The SMILES string of the molecule is CN(Cn1nnc2ccccc21)c1ccc(Cl)cc1. The molecule has 0 radical (unpaired) electrons. The molecule has 0 aliphatic heterocycles. The van der Waals surface area contributed by atoms with E-state index in [-0.39, 0.29) is 0 Å². The molecule has 19 heavy (non-hydrogen) atoms. The highest BCUT2D eigenvalue weighted by molar-refractivity contribution is 6.30. The smallest absolute Gasteiger partial charge is 0.114 e. The van der Waals surface area contributed by atoms with Crippen LogP contribution in [0.2, 0.25) is 5.02 Å². The minimum absolute atomic E-state index is 0.641. The molecule has 5 heteroatoms. The highest BCUT2D eigenvalue weighted by Gasteiger charge is 2.06. The first-order chi connectivity index (χ1) is 9.24. The molecular formula is C14H13ClN4. The van der Waals surface area contributed by atoms with Gasteiger partial charge < -0.3 is 4.90 Å². The third kappa shape index (κ3) is 2.39. The normalized spacial score (nSPS) is 10.8. The molecule has 2 aromatic carbocycles. The number of rotatable bonds is 3. The third-order valence-corrected chi connectivity index (χ3v) is 3.29. The van der Waals surface area contributed by atoms with E-state index >= 15 is 0 Å². The second-order valence-corrected chi connectivity index (χ2v) is 4.83. The molecule has 0 aliphatic carbocycles. The topological polar surface area (TPSA) is 34.0 Å². The van der Waals surface area contributed by atoms with Gasteiger partial charge in [0, 0.05) is 17.8 Å². The number of aromatic nitrogens is 3. The molecule has 3 aromatic rings. The number of benzene rings is 2. The van der Waals surface area contributed by atoms with Crippen molar-refractivity contribution in [2.75, 3.05) is 11.9 Å². The quantitative estimate of drug-likeness (QED) is 0.734. The van der Waals surface area contributed by atoms with Gasteiger partial charge in [-0.25, -0.2) is 4.68 Å². The van der Waals surface area contributed by atoms with Crippen molar-refractivity contribution in [3.8, 4) is 0 Å². The second-order valence-electron chi connectivity index (χ2n) is 4.39. The maximum Gasteiger partial charge on any atom is 0.114 e.